The predicted molar refractivity (Wildman–Crippen MR) is 77.3 cm³/mol. The Bertz CT molecular complexity index is 527. The molecule has 2 N–H and O–H groups in total. The second-order valence-corrected chi connectivity index (χ2v) is 4.81. The van der Waals surface area contributed by atoms with Gasteiger partial charge in [-0.3, -0.25) is 4.57 Å². The number of hydrogen-bond acceptors (Lipinski definition) is 5. The van der Waals surface area contributed by atoms with Gasteiger partial charge >= 0.3 is 0 Å². The molecule has 1 heterocycles. The lowest BCUT2D eigenvalue weighted by Crippen LogP contribution is -2.05. The van der Waals surface area contributed by atoms with Gasteiger partial charge in [-0.25, -0.2) is 0 Å². The lowest BCUT2D eigenvalue weighted by Gasteiger charge is -2.06. The molecule has 0 saturated heterocycles. The van der Waals surface area contributed by atoms with Crippen LogP contribution in [0.3, 0.4) is 0 Å². The van der Waals surface area contributed by atoms with Crippen LogP contribution in [-0.4, -0.2) is 27.1 Å². The van der Waals surface area contributed by atoms with Crippen molar-refractivity contribution in [1.29, 1.82) is 0 Å². The van der Waals surface area contributed by atoms with Gasteiger partial charge in [-0.1, -0.05) is 36.0 Å². The minimum atomic E-state index is 0.409. The Balaban J connectivity index is 1.81. The van der Waals surface area contributed by atoms with Crippen molar-refractivity contribution in [3.05, 3.63) is 43.0 Å². The first-order valence-electron chi connectivity index (χ1n) is 5.91. The Labute approximate surface area is 116 Å². The van der Waals surface area contributed by atoms with Crippen LogP contribution in [0.1, 0.15) is 0 Å². The van der Waals surface area contributed by atoms with Crippen LogP contribution in [0.25, 0.3) is 0 Å². The first-order chi connectivity index (χ1) is 9.31. The van der Waals surface area contributed by atoms with Crippen LogP contribution in [0.2, 0.25) is 0 Å². The van der Waals surface area contributed by atoms with Crippen molar-refractivity contribution >= 4 is 17.7 Å². The van der Waals surface area contributed by atoms with Gasteiger partial charge in [0, 0.05) is 12.3 Å². The predicted octanol–water partition coefficient (Wildman–Crippen LogP) is 2.22. The fraction of sp³-hybridized carbons (Fsp3) is 0.231. The molecule has 0 spiro atoms. The number of benzene rings is 1. The maximum atomic E-state index is 5.72. The van der Waals surface area contributed by atoms with Crippen molar-refractivity contribution in [3.63, 3.8) is 0 Å². The molecule has 5 nitrogen and oxygen atoms in total. The molecular formula is C13H16N4OS. The number of aromatic nitrogens is 3. The Morgan fingerprint density at radius 3 is 2.84 bits per heavy atom. The molecule has 0 radical (unpaired) electrons. The molecule has 2 rings (SSSR count). The third-order valence-electron chi connectivity index (χ3n) is 2.38. The SMILES string of the molecule is C=CCn1c(N)nnc1SCCOc1ccccc1. The average molecular weight is 276 g/mol. The van der Waals surface area contributed by atoms with Gasteiger partial charge in [-0.15, -0.1) is 16.8 Å². The smallest absolute Gasteiger partial charge is 0.222 e. The van der Waals surface area contributed by atoms with Crippen LogP contribution in [0.4, 0.5) is 5.95 Å². The summed E-state index contributed by atoms with van der Waals surface area (Å²) in [6, 6.07) is 9.72. The zero-order valence-electron chi connectivity index (χ0n) is 10.5. The van der Waals surface area contributed by atoms with Crippen LogP contribution in [0, 0.1) is 0 Å². The quantitative estimate of drug-likeness (QED) is 0.477. The molecule has 0 aliphatic heterocycles. The van der Waals surface area contributed by atoms with E-state index < -0.39 is 0 Å². The van der Waals surface area contributed by atoms with Gasteiger partial charge in [0.2, 0.25) is 5.95 Å². The van der Waals surface area contributed by atoms with Crippen molar-refractivity contribution < 1.29 is 4.74 Å². The Morgan fingerprint density at radius 1 is 1.32 bits per heavy atom. The second kappa shape index (κ2) is 6.84. The third-order valence-corrected chi connectivity index (χ3v) is 3.31. The molecule has 100 valence electrons. The number of rotatable bonds is 7. The zero-order valence-corrected chi connectivity index (χ0v) is 11.3. The van der Waals surface area contributed by atoms with E-state index in [1.165, 1.54) is 0 Å². The number of thioether (sulfide) groups is 1. The van der Waals surface area contributed by atoms with Crippen LogP contribution in [0.15, 0.2) is 48.1 Å². The molecule has 0 saturated carbocycles. The second-order valence-electron chi connectivity index (χ2n) is 3.75. The van der Waals surface area contributed by atoms with Gasteiger partial charge in [-0.05, 0) is 12.1 Å². The molecule has 0 fully saturated rings. The molecule has 1 aromatic carbocycles. The van der Waals surface area contributed by atoms with E-state index in [9.17, 15) is 0 Å². The zero-order chi connectivity index (χ0) is 13.5. The molecule has 0 bridgehead atoms. The topological polar surface area (TPSA) is 66.0 Å². The molecule has 0 atom stereocenters. The Kier molecular flexibility index (Phi) is 4.85. The molecule has 0 aliphatic rings. The Hall–Kier alpha value is -1.95. The van der Waals surface area contributed by atoms with Crippen LogP contribution < -0.4 is 10.5 Å². The average Bonchev–Trinajstić information content (AvgIpc) is 2.78. The number of nitrogen functional groups attached to an aromatic ring is 1. The highest BCUT2D eigenvalue weighted by Crippen LogP contribution is 2.18. The fourth-order valence-electron chi connectivity index (χ4n) is 1.52. The van der Waals surface area contributed by atoms with Gasteiger partial charge in [0.15, 0.2) is 5.16 Å². The van der Waals surface area contributed by atoms with Crippen molar-refractivity contribution in [2.75, 3.05) is 18.1 Å². The standard InChI is InChI=1S/C13H16N4OS/c1-2-8-17-12(14)15-16-13(17)19-10-9-18-11-6-4-3-5-7-11/h2-7H,1,8-10H2,(H2,14,15). The normalized spacial score (nSPS) is 10.3. The van der Waals surface area contributed by atoms with Crippen molar-refractivity contribution in [2.24, 2.45) is 0 Å². The summed E-state index contributed by atoms with van der Waals surface area (Å²) in [5.74, 6) is 2.06. The highest BCUT2D eigenvalue weighted by Gasteiger charge is 2.08. The minimum absolute atomic E-state index is 0.409. The van der Waals surface area contributed by atoms with E-state index in [4.69, 9.17) is 10.5 Å². The van der Waals surface area contributed by atoms with Crippen molar-refractivity contribution in [1.82, 2.24) is 14.8 Å². The van der Waals surface area contributed by atoms with Gasteiger partial charge in [0.05, 0.1) is 6.61 Å². The van der Waals surface area contributed by atoms with E-state index in [-0.39, 0.29) is 0 Å². The van der Waals surface area contributed by atoms with Gasteiger partial charge in [0.25, 0.3) is 0 Å². The third kappa shape index (κ3) is 3.75. The van der Waals surface area contributed by atoms with E-state index in [0.717, 1.165) is 16.7 Å². The molecule has 1 aromatic heterocycles. The highest BCUT2D eigenvalue weighted by molar-refractivity contribution is 7.99. The lowest BCUT2D eigenvalue weighted by atomic mass is 10.3. The molecule has 0 aliphatic carbocycles. The number of ether oxygens (including phenoxy) is 1. The van der Waals surface area contributed by atoms with Gasteiger partial charge < -0.3 is 10.5 Å². The Morgan fingerprint density at radius 2 is 2.11 bits per heavy atom. The van der Waals surface area contributed by atoms with Crippen LogP contribution in [0.5, 0.6) is 5.75 Å². The van der Waals surface area contributed by atoms with Gasteiger partial charge in [-0.2, -0.15) is 0 Å². The number of para-hydroxylation sites is 1. The van der Waals surface area contributed by atoms with Crippen LogP contribution >= 0.6 is 11.8 Å². The number of anilines is 1. The summed E-state index contributed by atoms with van der Waals surface area (Å²) < 4.78 is 7.42. The van der Waals surface area contributed by atoms with E-state index in [2.05, 4.69) is 16.8 Å². The lowest BCUT2D eigenvalue weighted by molar-refractivity contribution is 0.344. The van der Waals surface area contributed by atoms with E-state index >= 15 is 0 Å². The molecule has 0 unspecified atom stereocenters. The molecule has 2 aromatic rings. The minimum Gasteiger partial charge on any atom is -0.493 e. The number of allylic oxidation sites excluding steroid dienone is 1. The number of nitrogens with two attached hydrogens (primary N) is 1. The van der Waals surface area contributed by atoms with E-state index in [0.29, 0.717) is 19.1 Å². The molecule has 0 amide bonds. The summed E-state index contributed by atoms with van der Waals surface area (Å²) in [6.07, 6.45) is 1.77. The number of hydrogen-bond donors (Lipinski definition) is 1. The summed E-state index contributed by atoms with van der Waals surface area (Å²) in [6.45, 7) is 4.91. The monoisotopic (exact) mass is 276 g/mol. The van der Waals surface area contributed by atoms with Crippen molar-refractivity contribution in [2.45, 2.75) is 11.7 Å². The summed E-state index contributed by atoms with van der Waals surface area (Å²) in [4.78, 5) is 0. The van der Waals surface area contributed by atoms with E-state index in [1.54, 1.807) is 17.8 Å². The highest BCUT2D eigenvalue weighted by atomic mass is 32.2. The maximum Gasteiger partial charge on any atom is 0.222 e. The van der Waals surface area contributed by atoms with E-state index in [1.807, 2.05) is 34.9 Å². The molecule has 19 heavy (non-hydrogen) atoms. The van der Waals surface area contributed by atoms with Gasteiger partial charge in [0.1, 0.15) is 5.75 Å². The van der Waals surface area contributed by atoms with Crippen LogP contribution in [-0.2, 0) is 6.54 Å². The summed E-state index contributed by atoms with van der Waals surface area (Å²) in [5, 5.41) is 8.67. The molecule has 6 heteroatoms. The largest absolute Gasteiger partial charge is 0.493 e. The summed E-state index contributed by atoms with van der Waals surface area (Å²) in [7, 11) is 0. The number of nitrogens with zero attached hydrogens (tertiary/aromatic N) is 3. The molecular weight excluding hydrogens is 260 g/mol. The first-order valence-corrected chi connectivity index (χ1v) is 6.90. The summed E-state index contributed by atoms with van der Waals surface area (Å²) in [5.41, 5.74) is 5.72. The summed E-state index contributed by atoms with van der Waals surface area (Å²) >= 11 is 1.56. The maximum absolute atomic E-state index is 5.72. The first kappa shape index (κ1) is 13.5. The fourth-order valence-corrected chi connectivity index (χ4v) is 2.29. The van der Waals surface area contributed by atoms with Crippen molar-refractivity contribution in [3.8, 4) is 5.75 Å².